The van der Waals surface area contributed by atoms with Gasteiger partial charge in [-0.1, -0.05) is 54.4 Å². The summed E-state index contributed by atoms with van der Waals surface area (Å²) < 4.78 is 34.0. The van der Waals surface area contributed by atoms with Gasteiger partial charge in [0.25, 0.3) is 10.0 Å². The van der Waals surface area contributed by atoms with Gasteiger partial charge in [0.05, 0.1) is 17.7 Å². The van der Waals surface area contributed by atoms with Crippen LogP contribution in [0.3, 0.4) is 0 Å². The smallest absolute Gasteiger partial charge is 0.264 e. The fourth-order valence-corrected chi connectivity index (χ4v) is 5.70. The molecule has 3 aromatic carbocycles. The van der Waals surface area contributed by atoms with Crippen LogP contribution < -0.4 is 14.4 Å². The number of anilines is 1. The van der Waals surface area contributed by atoms with Crippen molar-refractivity contribution in [2.24, 2.45) is 0 Å². The number of carbonyl (C=O) groups is 2. The monoisotopic (exact) mass is 571 g/mol. The van der Waals surface area contributed by atoms with Crippen LogP contribution in [0.4, 0.5) is 5.69 Å². The third kappa shape index (κ3) is 7.10. The summed E-state index contributed by atoms with van der Waals surface area (Å²) in [5, 5.41) is 2.98. The zero-order chi connectivity index (χ0) is 28.7. The molecule has 10 heteroatoms. The average molecular weight is 572 g/mol. The average Bonchev–Trinajstić information content (AvgIpc) is 2.93. The van der Waals surface area contributed by atoms with E-state index in [0.717, 1.165) is 21.0 Å². The zero-order valence-corrected chi connectivity index (χ0v) is 24.3. The maximum Gasteiger partial charge on any atom is 0.264 e. The van der Waals surface area contributed by atoms with Gasteiger partial charge in [0.15, 0.2) is 0 Å². The molecule has 0 aliphatic heterocycles. The van der Waals surface area contributed by atoms with Crippen molar-refractivity contribution in [1.29, 1.82) is 0 Å². The van der Waals surface area contributed by atoms with Gasteiger partial charge >= 0.3 is 0 Å². The molecule has 8 nitrogen and oxygen atoms in total. The number of halogens is 1. The SMILES string of the molecule is CC[C@@H](C(=O)NC)N(Cc1ccc(OC)cc1)C(=O)CN(c1ccc(C)c(Cl)c1)S(=O)(=O)c1ccc(C)cc1. The maximum absolute atomic E-state index is 13.9. The Morgan fingerprint density at radius 1 is 1.00 bits per heavy atom. The third-order valence-electron chi connectivity index (χ3n) is 6.48. The van der Waals surface area contributed by atoms with E-state index in [4.69, 9.17) is 16.3 Å². The van der Waals surface area contributed by atoms with Crippen molar-refractivity contribution in [1.82, 2.24) is 10.2 Å². The van der Waals surface area contributed by atoms with Crippen LogP contribution in [0.5, 0.6) is 5.75 Å². The van der Waals surface area contributed by atoms with E-state index in [1.54, 1.807) is 62.6 Å². The number of aryl methyl sites for hydroxylation is 2. The van der Waals surface area contributed by atoms with E-state index in [1.807, 2.05) is 13.8 Å². The molecule has 1 atom stereocenters. The van der Waals surface area contributed by atoms with E-state index in [-0.39, 0.29) is 23.0 Å². The molecule has 0 radical (unpaired) electrons. The maximum atomic E-state index is 13.9. The lowest BCUT2D eigenvalue weighted by molar-refractivity contribution is -0.140. The Hall–Kier alpha value is -3.56. The second kappa shape index (κ2) is 13.0. The molecule has 0 unspecified atom stereocenters. The topological polar surface area (TPSA) is 96.0 Å². The molecule has 0 aromatic heterocycles. The second-order valence-corrected chi connectivity index (χ2v) is 11.4. The normalized spacial score (nSPS) is 11.9. The fraction of sp³-hybridized carbons (Fsp3) is 0.310. The van der Waals surface area contributed by atoms with Gasteiger partial charge < -0.3 is 15.0 Å². The van der Waals surface area contributed by atoms with E-state index < -0.39 is 28.5 Å². The number of amides is 2. The zero-order valence-electron chi connectivity index (χ0n) is 22.8. The minimum Gasteiger partial charge on any atom is -0.497 e. The number of benzene rings is 3. The summed E-state index contributed by atoms with van der Waals surface area (Å²) in [6, 6.07) is 17.6. The van der Waals surface area contributed by atoms with Crippen molar-refractivity contribution in [2.45, 2.75) is 44.7 Å². The van der Waals surface area contributed by atoms with E-state index in [9.17, 15) is 18.0 Å². The van der Waals surface area contributed by atoms with E-state index in [1.165, 1.54) is 30.1 Å². The van der Waals surface area contributed by atoms with Gasteiger partial charge in [-0.05, 0) is 67.8 Å². The van der Waals surface area contributed by atoms with Gasteiger partial charge in [-0.25, -0.2) is 8.42 Å². The lowest BCUT2D eigenvalue weighted by Crippen LogP contribution is -2.51. The first kappa shape index (κ1) is 30.0. The molecular weight excluding hydrogens is 538 g/mol. The fourth-order valence-electron chi connectivity index (χ4n) is 4.12. The number of hydrogen-bond acceptors (Lipinski definition) is 5. The van der Waals surface area contributed by atoms with Crippen LogP contribution >= 0.6 is 11.6 Å². The second-order valence-electron chi connectivity index (χ2n) is 9.17. The Labute approximate surface area is 235 Å². The lowest BCUT2D eigenvalue weighted by atomic mass is 10.1. The van der Waals surface area contributed by atoms with Crippen LogP contribution in [0.2, 0.25) is 5.02 Å². The van der Waals surface area contributed by atoms with Gasteiger partial charge in [-0.2, -0.15) is 0 Å². The number of ether oxygens (including phenoxy) is 1. The Morgan fingerprint density at radius 3 is 2.18 bits per heavy atom. The number of hydrogen-bond donors (Lipinski definition) is 1. The number of carbonyl (C=O) groups excluding carboxylic acids is 2. The lowest BCUT2D eigenvalue weighted by Gasteiger charge is -2.33. The molecule has 3 aromatic rings. The summed E-state index contributed by atoms with van der Waals surface area (Å²) in [5.74, 6) is -0.221. The number of nitrogens with one attached hydrogen (secondary N) is 1. The Balaban J connectivity index is 2.07. The standard InChI is InChI=1S/C29H34ClN3O5S/c1-6-27(29(35)31-4)32(18-22-10-13-24(38-5)14-11-22)28(34)19-33(23-12-9-21(3)26(30)17-23)39(36,37)25-15-7-20(2)8-16-25/h7-17,27H,6,18-19H2,1-5H3,(H,31,35)/t27-/m0/s1. The number of nitrogens with zero attached hydrogens (tertiary/aromatic N) is 2. The molecule has 0 fully saturated rings. The molecule has 1 N–H and O–H groups in total. The Morgan fingerprint density at radius 2 is 1.64 bits per heavy atom. The highest BCUT2D eigenvalue weighted by molar-refractivity contribution is 7.92. The quantitative estimate of drug-likeness (QED) is 0.359. The largest absolute Gasteiger partial charge is 0.497 e. The molecular formula is C29H34ClN3O5S. The molecule has 0 saturated carbocycles. The third-order valence-corrected chi connectivity index (χ3v) is 8.67. The first-order valence-electron chi connectivity index (χ1n) is 12.5. The van der Waals surface area contributed by atoms with Crippen LogP contribution in [0.15, 0.2) is 71.6 Å². The predicted molar refractivity (Wildman–Crippen MR) is 154 cm³/mol. The van der Waals surface area contributed by atoms with Crippen molar-refractivity contribution in [2.75, 3.05) is 25.0 Å². The summed E-state index contributed by atoms with van der Waals surface area (Å²) in [4.78, 5) is 28.2. The summed E-state index contributed by atoms with van der Waals surface area (Å²) >= 11 is 6.36. The molecule has 0 spiro atoms. The van der Waals surface area contributed by atoms with E-state index in [0.29, 0.717) is 17.2 Å². The van der Waals surface area contributed by atoms with Crippen molar-refractivity contribution >= 4 is 39.1 Å². The van der Waals surface area contributed by atoms with Gasteiger partial charge in [-0.15, -0.1) is 0 Å². The Kier molecular flexibility index (Phi) is 9.99. The van der Waals surface area contributed by atoms with Gasteiger partial charge in [0.1, 0.15) is 18.3 Å². The first-order valence-corrected chi connectivity index (χ1v) is 14.3. The highest BCUT2D eigenvalue weighted by Crippen LogP contribution is 2.29. The van der Waals surface area contributed by atoms with Crippen LogP contribution in [-0.4, -0.2) is 51.9 Å². The summed E-state index contributed by atoms with van der Waals surface area (Å²) in [6.07, 6.45) is 0.336. The van der Waals surface area contributed by atoms with E-state index in [2.05, 4.69) is 5.32 Å². The molecule has 2 amide bonds. The molecule has 0 aliphatic carbocycles. The molecule has 3 rings (SSSR count). The van der Waals surface area contributed by atoms with Crippen molar-refractivity contribution < 1.29 is 22.7 Å². The van der Waals surface area contributed by atoms with E-state index >= 15 is 0 Å². The van der Waals surface area contributed by atoms with Crippen molar-refractivity contribution in [3.8, 4) is 5.75 Å². The minimum absolute atomic E-state index is 0.0395. The minimum atomic E-state index is -4.16. The van der Waals surface area contributed by atoms with Crippen LogP contribution in [0.1, 0.15) is 30.0 Å². The summed E-state index contributed by atoms with van der Waals surface area (Å²) in [6.45, 7) is 5.04. The highest BCUT2D eigenvalue weighted by Gasteiger charge is 2.33. The van der Waals surface area contributed by atoms with Gasteiger partial charge in [0.2, 0.25) is 11.8 Å². The molecule has 0 heterocycles. The summed E-state index contributed by atoms with van der Waals surface area (Å²) in [7, 11) is -1.10. The van der Waals surface area contributed by atoms with Crippen LogP contribution in [0.25, 0.3) is 0 Å². The molecule has 0 saturated heterocycles. The molecule has 39 heavy (non-hydrogen) atoms. The van der Waals surface area contributed by atoms with Crippen molar-refractivity contribution in [3.05, 3.63) is 88.4 Å². The highest BCUT2D eigenvalue weighted by atomic mass is 35.5. The van der Waals surface area contributed by atoms with Crippen molar-refractivity contribution in [3.63, 3.8) is 0 Å². The van der Waals surface area contributed by atoms with Gasteiger partial charge in [-0.3, -0.25) is 13.9 Å². The first-order chi connectivity index (χ1) is 18.5. The molecule has 0 aliphatic rings. The summed E-state index contributed by atoms with van der Waals surface area (Å²) in [5.41, 5.74) is 2.68. The van der Waals surface area contributed by atoms with Crippen LogP contribution in [0, 0.1) is 13.8 Å². The number of methoxy groups -OCH3 is 1. The number of likely N-dealkylation sites (N-methyl/N-ethyl adjacent to an activating group) is 1. The van der Waals surface area contributed by atoms with Crippen LogP contribution in [-0.2, 0) is 26.2 Å². The van der Waals surface area contributed by atoms with Gasteiger partial charge in [0, 0.05) is 18.6 Å². The molecule has 208 valence electrons. The predicted octanol–water partition coefficient (Wildman–Crippen LogP) is 4.71. The number of rotatable bonds is 11. The Bertz CT molecular complexity index is 1410. The number of sulfonamides is 1. The molecule has 0 bridgehead atoms.